The Morgan fingerprint density at radius 1 is 1.35 bits per heavy atom. The lowest BCUT2D eigenvalue weighted by Crippen LogP contribution is -2.56. The summed E-state index contributed by atoms with van der Waals surface area (Å²) in [6, 6.07) is -1.21. The summed E-state index contributed by atoms with van der Waals surface area (Å²) in [4.78, 5) is 23.9. The van der Waals surface area contributed by atoms with Gasteiger partial charge in [-0.25, -0.2) is 9.59 Å². The fraction of sp³-hybridized carbons (Fsp3) is 0.818. The van der Waals surface area contributed by atoms with Crippen molar-refractivity contribution < 1.29 is 24.5 Å². The van der Waals surface area contributed by atoms with E-state index in [2.05, 4.69) is 0 Å². The Hall–Kier alpha value is -1.30. The predicted octanol–water partition coefficient (Wildman–Crippen LogP) is 0.831. The highest BCUT2D eigenvalue weighted by atomic mass is 16.6. The van der Waals surface area contributed by atoms with Crippen LogP contribution in [-0.4, -0.2) is 51.5 Å². The average Bonchev–Trinajstić information content (AvgIpc) is 2.13. The number of rotatable bonds is 1. The molecule has 6 heteroatoms. The van der Waals surface area contributed by atoms with Crippen molar-refractivity contribution in [3.63, 3.8) is 0 Å². The number of likely N-dealkylation sites (tertiary alicyclic amines) is 1. The summed E-state index contributed by atoms with van der Waals surface area (Å²) in [5.41, 5.74) is -0.678. The Labute approximate surface area is 100 Å². The highest BCUT2D eigenvalue weighted by Crippen LogP contribution is 2.21. The van der Waals surface area contributed by atoms with E-state index in [0.29, 0.717) is 19.4 Å². The molecule has 2 atom stereocenters. The summed E-state index contributed by atoms with van der Waals surface area (Å²) in [6.07, 6.45) is -0.766. The molecule has 1 aliphatic heterocycles. The molecule has 0 aromatic carbocycles. The van der Waals surface area contributed by atoms with Crippen LogP contribution < -0.4 is 0 Å². The second kappa shape index (κ2) is 4.91. The fourth-order valence-electron chi connectivity index (χ4n) is 1.80. The molecular weight excluding hydrogens is 226 g/mol. The third-order valence-corrected chi connectivity index (χ3v) is 2.48. The van der Waals surface area contributed by atoms with Crippen LogP contribution in [0.15, 0.2) is 0 Å². The van der Waals surface area contributed by atoms with Gasteiger partial charge in [0.05, 0.1) is 6.10 Å². The first-order valence-corrected chi connectivity index (χ1v) is 5.63. The van der Waals surface area contributed by atoms with Crippen molar-refractivity contribution in [1.29, 1.82) is 0 Å². The summed E-state index contributed by atoms with van der Waals surface area (Å²) in [7, 11) is 0. The van der Waals surface area contributed by atoms with E-state index >= 15 is 0 Å². The summed E-state index contributed by atoms with van der Waals surface area (Å²) < 4.78 is 5.12. The molecule has 17 heavy (non-hydrogen) atoms. The van der Waals surface area contributed by atoms with E-state index in [0.717, 1.165) is 4.90 Å². The minimum Gasteiger partial charge on any atom is -0.480 e. The van der Waals surface area contributed by atoms with Gasteiger partial charge in [-0.1, -0.05) is 0 Å². The van der Waals surface area contributed by atoms with Gasteiger partial charge in [-0.2, -0.15) is 0 Å². The molecular formula is C11H19NO5. The lowest BCUT2D eigenvalue weighted by Gasteiger charge is -2.37. The number of ether oxygens (including phenoxy) is 1. The number of aliphatic carboxylic acids is 1. The van der Waals surface area contributed by atoms with Crippen molar-refractivity contribution in [3.8, 4) is 0 Å². The highest BCUT2D eigenvalue weighted by Gasteiger charge is 2.40. The SMILES string of the molecule is CC(C)(C)OC(=O)N1CCC[C@H](O)[C@@H]1C(=O)O. The first-order chi connectivity index (χ1) is 7.72. The number of aliphatic hydroxyl groups is 1. The normalized spacial score (nSPS) is 25.5. The van der Waals surface area contributed by atoms with Gasteiger partial charge in [0.25, 0.3) is 0 Å². The molecule has 1 heterocycles. The molecule has 1 aliphatic rings. The van der Waals surface area contributed by atoms with E-state index in [1.165, 1.54) is 0 Å². The Morgan fingerprint density at radius 3 is 2.41 bits per heavy atom. The predicted molar refractivity (Wildman–Crippen MR) is 59.6 cm³/mol. The second-order valence-electron chi connectivity index (χ2n) is 5.17. The molecule has 0 unspecified atom stereocenters. The monoisotopic (exact) mass is 245 g/mol. The van der Waals surface area contributed by atoms with Gasteiger partial charge in [-0.3, -0.25) is 4.90 Å². The first kappa shape index (κ1) is 13.8. The molecule has 0 saturated carbocycles. The van der Waals surface area contributed by atoms with Crippen molar-refractivity contribution in [3.05, 3.63) is 0 Å². The fourth-order valence-corrected chi connectivity index (χ4v) is 1.80. The molecule has 2 N–H and O–H groups in total. The topological polar surface area (TPSA) is 87.1 Å². The molecule has 1 fully saturated rings. The number of nitrogens with zero attached hydrogens (tertiary/aromatic N) is 1. The van der Waals surface area contributed by atoms with Crippen molar-refractivity contribution in [2.45, 2.75) is 51.4 Å². The largest absolute Gasteiger partial charge is 0.480 e. The number of piperidine rings is 1. The molecule has 1 rings (SSSR count). The Kier molecular flexibility index (Phi) is 3.98. The van der Waals surface area contributed by atoms with Gasteiger partial charge in [0, 0.05) is 6.54 Å². The molecule has 6 nitrogen and oxygen atoms in total. The molecule has 1 saturated heterocycles. The van der Waals surface area contributed by atoms with Crippen molar-refractivity contribution >= 4 is 12.1 Å². The van der Waals surface area contributed by atoms with Gasteiger partial charge >= 0.3 is 12.1 Å². The van der Waals surface area contributed by atoms with E-state index < -0.39 is 29.8 Å². The zero-order valence-electron chi connectivity index (χ0n) is 10.3. The lowest BCUT2D eigenvalue weighted by molar-refractivity contribution is -0.149. The minimum atomic E-state index is -1.21. The number of hydrogen-bond donors (Lipinski definition) is 2. The number of carboxylic acid groups (broad SMARTS) is 1. The van der Waals surface area contributed by atoms with Crippen LogP contribution in [0.1, 0.15) is 33.6 Å². The third-order valence-electron chi connectivity index (χ3n) is 2.48. The first-order valence-electron chi connectivity index (χ1n) is 5.63. The van der Waals surface area contributed by atoms with Crippen LogP contribution in [0, 0.1) is 0 Å². The molecule has 0 bridgehead atoms. The number of hydrogen-bond acceptors (Lipinski definition) is 4. The second-order valence-corrected chi connectivity index (χ2v) is 5.17. The van der Waals surface area contributed by atoms with Gasteiger partial charge in [-0.05, 0) is 33.6 Å². The molecule has 1 amide bonds. The van der Waals surface area contributed by atoms with E-state index in [4.69, 9.17) is 9.84 Å². The number of aliphatic hydroxyl groups excluding tert-OH is 1. The smallest absolute Gasteiger partial charge is 0.411 e. The molecule has 0 aromatic rings. The number of amides is 1. The lowest BCUT2D eigenvalue weighted by atomic mass is 9.99. The van der Waals surface area contributed by atoms with Gasteiger partial charge in [-0.15, -0.1) is 0 Å². The van der Waals surface area contributed by atoms with E-state index in [1.54, 1.807) is 20.8 Å². The number of carbonyl (C=O) groups is 2. The van der Waals surface area contributed by atoms with Crippen molar-refractivity contribution in [1.82, 2.24) is 4.90 Å². The minimum absolute atomic E-state index is 0.295. The van der Waals surface area contributed by atoms with Crippen LogP contribution in [-0.2, 0) is 9.53 Å². The van der Waals surface area contributed by atoms with Crippen LogP contribution in [0.2, 0.25) is 0 Å². The Bertz CT molecular complexity index is 309. The average molecular weight is 245 g/mol. The van der Waals surface area contributed by atoms with E-state index in [9.17, 15) is 14.7 Å². The van der Waals surface area contributed by atoms with Gasteiger partial charge < -0.3 is 14.9 Å². The molecule has 98 valence electrons. The quantitative estimate of drug-likeness (QED) is 0.714. The van der Waals surface area contributed by atoms with Crippen molar-refractivity contribution in [2.24, 2.45) is 0 Å². The zero-order valence-corrected chi connectivity index (χ0v) is 10.3. The number of carboxylic acids is 1. The third kappa shape index (κ3) is 3.59. The summed E-state index contributed by atoms with van der Waals surface area (Å²) in [5.74, 6) is -1.21. The van der Waals surface area contributed by atoms with Crippen LogP contribution in [0.4, 0.5) is 4.79 Å². The van der Waals surface area contributed by atoms with Crippen LogP contribution in [0.5, 0.6) is 0 Å². The highest BCUT2D eigenvalue weighted by molar-refractivity contribution is 5.81. The maximum absolute atomic E-state index is 11.8. The van der Waals surface area contributed by atoms with Crippen LogP contribution >= 0.6 is 0 Å². The van der Waals surface area contributed by atoms with Gasteiger partial charge in [0.1, 0.15) is 5.60 Å². The van der Waals surface area contributed by atoms with Gasteiger partial charge in [0.15, 0.2) is 6.04 Å². The summed E-state index contributed by atoms with van der Waals surface area (Å²) >= 11 is 0. The van der Waals surface area contributed by atoms with Gasteiger partial charge in [0.2, 0.25) is 0 Å². The summed E-state index contributed by atoms with van der Waals surface area (Å²) in [5, 5.41) is 18.6. The molecule has 0 spiro atoms. The standard InChI is InChI=1S/C11H19NO5/c1-11(2,3)17-10(16)12-6-4-5-7(13)8(12)9(14)15/h7-8,13H,4-6H2,1-3H3,(H,14,15)/t7-,8+/m0/s1. The molecule has 0 aliphatic carbocycles. The Morgan fingerprint density at radius 2 is 1.94 bits per heavy atom. The van der Waals surface area contributed by atoms with Crippen LogP contribution in [0.3, 0.4) is 0 Å². The molecule has 0 radical (unpaired) electrons. The Balaban J connectivity index is 2.79. The zero-order chi connectivity index (χ0) is 13.2. The maximum atomic E-state index is 11.8. The van der Waals surface area contributed by atoms with Crippen LogP contribution in [0.25, 0.3) is 0 Å². The summed E-state index contributed by atoms with van der Waals surface area (Å²) in [6.45, 7) is 5.42. The van der Waals surface area contributed by atoms with E-state index in [1.807, 2.05) is 0 Å². The van der Waals surface area contributed by atoms with E-state index in [-0.39, 0.29) is 0 Å². The van der Waals surface area contributed by atoms with Crippen molar-refractivity contribution in [2.75, 3.05) is 6.54 Å². The molecule has 0 aromatic heterocycles. The number of carbonyl (C=O) groups excluding carboxylic acids is 1. The maximum Gasteiger partial charge on any atom is 0.411 e.